The van der Waals surface area contributed by atoms with Gasteiger partial charge in [-0.05, 0) is 48.1 Å². The highest BCUT2D eigenvalue weighted by atomic mass is 32.1. The molecule has 134 valence electrons. The van der Waals surface area contributed by atoms with E-state index in [1.54, 1.807) is 18.4 Å². The fourth-order valence-corrected chi connectivity index (χ4v) is 4.18. The third kappa shape index (κ3) is 3.24. The zero-order valence-corrected chi connectivity index (χ0v) is 16.3. The molecule has 5 heteroatoms. The van der Waals surface area contributed by atoms with Crippen molar-refractivity contribution >= 4 is 11.3 Å². The normalized spacial score (nSPS) is 14.3. The van der Waals surface area contributed by atoms with Crippen molar-refractivity contribution in [3.05, 3.63) is 63.8 Å². The van der Waals surface area contributed by atoms with Crippen LogP contribution >= 0.6 is 11.3 Å². The third-order valence-electron chi connectivity index (χ3n) is 5.22. The van der Waals surface area contributed by atoms with E-state index in [2.05, 4.69) is 47.3 Å². The summed E-state index contributed by atoms with van der Waals surface area (Å²) in [4.78, 5) is 13.0. The maximum Gasteiger partial charge on any atom is 0.169 e. The van der Waals surface area contributed by atoms with E-state index in [1.165, 1.54) is 27.9 Å². The Bertz CT molecular complexity index is 921. The van der Waals surface area contributed by atoms with E-state index < -0.39 is 0 Å². The van der Waals surface area contributed by atoms with Crippen LogP contribution in [0.3, 0.4) is 0 Å². The van der Waals surface area contributed by atoms with Crippen molar-refractivity contribution < 1.29 is 4.74 Å². The molecule has 0 bridgehead atoms. The van der Waals surface area contributed by atoms with Crippen LogP contribution in [-0.4, -0.2) is 28.5 Å². The first-order valence-electron chi connectivity index (χ1n) is 8.90. The van der Waals surface area contributed by atoms with Crippen LogP contribution in [0.5, 0.6) is 5.75 Å². The summed E-state index contributed by atoms with van der Waals surface area (Å²) in [5.74, 6) is 1.82. The van der Waals surface area contributed by atoms with Gasteiger partial charge in [0.1, 0.15) is 5.75 Å². The standard InChI is InChI=1S/C21H23N3OS/c1-14-15(2)19(25-3)7-6-16(14)12-24-9-8-18-17(13-24)11-22-21(23-18)20-5-4-10-26-20/h4-7,10-11H,8-9,12-13H2,1-3H3. The average Bonchev–Trinajstić information content (AvgIpc) is 3.20. The molecule has 3 heterocycles. The summed E-state index contributed by atoms with van der Waals surface area (Å²) in [6.45, 7) is 7.19. The molecule has 0 spiro atoms. The number of thiophene rings is 1. The lowest BCUT2D eigenvalue weighted by Crippen LogP contribution is -2.31. The maximum absolute atomic E-state index is 5.43. The van der Waals surface area contributed by atoms with Crippen LogP contribution < -0.4 is 4.74 Å². The number of methoxy groups -OCH3 is 1. The van der Waals surface area contributed by atoms with Gasteiger partial charge in [0.15, 0.2) is 5.82 Å². The molecule has 0 aliphatic carbocycles. The van der Waals surface area contributed by atoms with Gasteiger partial charge in [0, 0.05) is 37.8 Å². The second kappa shape index (κ2) is 7.17. The highest BCUT2D eigenvalue weighted by molar-refractivity contribution is 7.13. The van der Waals surface area contributed by atoms with Crippen molar-refractivity contribution in [2.45, 2.75) is 33.4 Å². The quantitative estimate of drug-likeness (QED) is 0.687. The predicted molar refractivity (Wildman–Crippen MR) is 106 cm³/mol. The molecule has 0 amide bonds. The fraction of sp³-hybridized carbons (Fsp3) is 0.333. The molecule has 0 fully saturated rings. The summed E-state index contributed by atoms with van der Waals surface area (Å²) in [5, 5.41) is 2.07. The van der Waals surface area contributed by atoms with Gasteiger partial charge < -0.3 is 4.74 Å². The molecule has 0 radical (unpaired) electrons. The van der Waals surface area contributed by atoms with Gasteiger partial charge in [-0.1, -0.05) is 12.1 Å². The first-order chi connectivity index (χ1) is 12.7. The number of hydrogen-bond donors (Lipinski definition) is 0. The van der Waals surface area contributed by atoms with Crippen LogP contribution in [0.15, 0.2) is 35.8 Å². The van der Waals surface area contributed by atoms with E-state index in [4.69, 9.17) is 9.72 Å². The molecule has 4 nitrogen and oxygen atoms in total. The molecule has 0 N–H and O–H groups in total. The molecule has 1 aliphatic heterocycles. The lowest BCUT2D eigenvalue weighted by Gasteiger charge is -2.29. The fourth-order valence-electron chi connectivity index (χ4n) is 3.52. The van der Waals surface area contributed by atoms with Crippen LogP contribution in [0.1, 0.15) is 27.9 Å². The van der Waals surface area contributed by atoms with Crippen molar-refractivity contribution in [1.82, 2.24) is 14.9 Å². The molecule has 26 heavy (non-hydrogen) atoms. The largest absolute Gasteiger partial charge is 0.496 e. The van der Waals surface area contributed by atoms with Gasteiger partial charge in [-0.15, -0.1) is 11.3 Å². The van der Waals surface area contributed by atoms with E-state index in [9.17, 15) is 0 Å². The predicted octanol–water partition coefficient (Wildman–Crippen LogP) is 4.39. The SMILES string of the molecule is COc1ccc(CN2CCc3nc(-c4cccs4)ncc3C2)c(C)c1C. The van der Waals surface area contributed by atoms with Crippen LogP contribution in [0.25, 0.3) is 10.7 Å². The first kappa shape index (κ1) is 17.2. The molecule has 0 unspecified atom stereocenters. The van der Waals surface area contributed by atoms with Crippen molar-refractivity contribution in [1.29, 1.82) is 0 Å². The van der Waals surface area contributed by atoms with Crippen LogP contribution in [0.2, 0.25) is 0 Å². The molecule has 0 atom stereocenters. The second-order valence-corrected chi connectivity index (χ2v) is 7.73. The zero-order valence-electron chi connectivity index (χ0n) is 15.5. The van der Waals surface area contributed by atoms with E-state index in [1.807, 2.05) is 12.3 Å². The lowest BCUT2D eigenvalue weighted by molar-refractivity contribution is 0.242. The number of hydrogen-bond acceptors (Lipinski definition) is 5. The van der Waals surface area contributed by atoms with Gasteiger partial charge in [-0.25, -0.2) is 9.97 Å². The molecule has 4 rings (SSSR count). The highest BCUT2D eigenvalue weighted by Gasteiger charge is 2.20. The minimum Gasteiger partial charge on any atom is -0.496 e. The Labute approximate surface area is 158 Å². The molecule has 0 saturated heterocycles. The van der Waals surface area contributed by atoms with Crippen LogP contribution in [-0.2, 0) is 19.5 Å². The van der Waals surface area contributed by atoms with Gasteiger partial charge in [0.05, 0.1) is 17.7 Å². The van der Waals surface area contributed by atoms with Gasteiger partial charge >= 0.3 is 0 Å². The van der Waals surface area contributed by atoms with Crippen LogP contribution in [0, 0.1) is 13.8 Å². The Morgan fingerprint density at radius 1 is 1.19 bits per heavy atom. The smallest absolute Gasteiger partial charge is 0.169 e. The molecular formula is C21H23N3OS. The number of aromatic nitrogens is 2. The maximum atomic E-state index is 5.43. The number of fused-ring (bicyclic) bond motifs is 1. The average molecular weight is 366 g/mol. The summed E-state index contributed by atoms with van der Waals surface area (Å²) in [6.07, 6.45) is 2.99. The third-order valence-corrected chi connectivity index (χ3v) is 6.08. The lowest BCUT2D eigenvalue weighted by atomic mass is 10.0. The Kier molecular flexibility index (Phi) is 4.74. The van der Waals surface area contributed by atoms with E-state index >= 15 is 0 Å². The Morgan fingerprint density at radius 2 is 2.08 bits per heavy atom. The molecular weight excluding hydrogens is 342 g/mol. The summed E-state index contributed by atoms with van der Waals surface area (Å²) in [5.41, 5.74) is 6.36. The summed E-state index contributed by atoms with van der Waals surface area (Å²) in [6, 6.07) is 8.39. The number of nitrogens with zero attached hydrogens (tertiary/aromatic N) is 3. The topological polar surface area (TPSA) is 38.2 Å². The van der Waals surface area contributed by atoms with E-state index in [0.29, 0.717) is 0 Å². The van der Waals surface area contributed by atoms with Gasteiger partial charge in [0.2, 0.25) is 0 Å². The highest BCUT2D eigenvalue weighted by Crippen LogP contribution is 2.27. The van der Waals surface area contributed by atoms with Gasteiger partial charge in [0.25, 0.3) is 0 Å². The number of rotatable bonds is 4. The van der Waals surface area contributed by atoms with E-state index in [-0.39, 0.29) is 0 Å². The monoisotopic (exact) mass is 365 g/mol. The summed E-state index contributed by atoms with van der Waals surface area (Å²) < 4.78 is 5.43. The molecule has 0 saturated carbocycles. The second-order valence-electron chi connectivity index (χ2n) is 6.78. The minimum atomic E-state index is 0.855. The molecule has 1 aromatic carbocycles. The van der Waals surface area contributed by atoms with Gasteiger partial charge in [-0.2, -0.15) is 0 Å². The van der Waals surface area contributed by atoms with Crippen molar-refractivity contribution in [3.8, 4) is 16.5 Å². The molecule has 1 aliphatic rings. The van der Waals surface area contributed by atoms with E-state index in [0.717, 1.165) is 42.5 Å². The summed E-state index contributed by atoms with van der Waals surface area (Å²) >= 11 is 1.69. The first-order valence-corrected chi connectivity index (χ1v) is 9.77. The summed E-state index contributed by atoms with van der Waals surface area (Å²) in [7, 11) is 1.73. The van der Waals surface area contributed by atoms with Gasteiger partial charge in [-0.3, -0.25) is 4.90 Å². The Hall–Kier alpha value is -2.24. The number of ether oxygens (including phenoxy) is 1. The molecule has 2 aromatic heterocycles. The molecule has 3 aromatic rings. The van der Waals surface area contributed by atoms with Crippen molar-refractivity contribution in [2.24, 2.45) is 0 Å². The zero-order chi connectivity index (χ0) is 18.1. The van der Waals surface area contributed by atoms with Crippen LogP contribution in [0.4, 0.5) is 0 Å². The number of benzene rings is 1. The Balaban J connectivity index is 1.52. The van der Waals surface area contributed by atoms with Crippen molar-refractivity contribution in [3.63, 3.8) is 0 Å². The Morgan fingerprint density at radius 3 is 2.85 bits per heavy atom. The minimum absolute atomic E-state index is 0.855. The van der Waals surface area contributed by atoms with Crippen molar-refractivity contribution in [2.75, 3.05) is 13.7 Å².